The Kier molecular flexibility index (Phi) is 5.56. The molecular formula is C23H31N3O. The van der Waals surface area contributed by atoms with Gasteiger partial charge in [0.05, 0.1) is 5.69 Å². The van der Waals surface area contributed by atoms with Crippen LogP contribution in [0.25, 0.3) is 11.1 Å². The molecule has 4 heteroatoms. The number of urea groups is 1. The molecule has 0 saturated carbocycles. The van der Waals surface area contributed by atoms with Gasteiger partial charge in [-0.2, -0.15) is 0 Å². The van der Waals surface area contributed by atoms with Gasteiger partial charge in [0.15, 0.2) is 0 Å². The van der Waals surface area contributed by atoms with Crippen LogP contribution in [-0.4, -0.2) is 35.1 Å². The summed E-state index contributed by atoms with van der Waals surface area (Å²) in [6, 6.07) is 17.9. The average molecular weight is 366 g/mol. The first-order valence-electron chi connectivity index (χ1n) is 9.76. The summed E-state index contributed by atoms with van der Waals surface area (Å²) in [4.78, 5) is 15.2. The lowest BCUT2D eigenvalue weighted by molar-refractivity contribution is 0.0733. The Hall–Kier alpha value is -2.33. The summed E-state index contributed by atoms with van der Waals surface area (Å²) in [5.41, 5.74) is 2.96. The first-order valence-corrected chi connectivity index (χ1v) is 9.76. The third-order valence-corrected chi connectivity index (χ3v) is 5.49. The van der Waals surface area contributed by atoms with Crippen LogP contribution in [0.5, 0.6) is 0 Å². The first-order chi connectivity index (χ1) is 12.8. The van der Waals surface area contributed by atoms with Crippen LogP contribution < -0.4 is 10.6 Å². The molecule has 27 heavy (non-hydrogen) atoms. The van der Waals surface area contributed by atoms with Gasteiger partial charge in [0.1, 0.15) is 0 Å². The van der Waals surface area contributed by atoms with Crippen LogP contribution in [0.1, 0.15) is 40.5 Å². The van der Waals surface area contributed by atoms with Crippen molar-refractivity contribution in [3.8, 4) is 11.1 Å². The zero-order valence-electron chi connectivity index (χ0n) is 16.9. The Morgan fingerprint density at radius 3 is 2.19 bits per heavy atom. The van der Waals surface area contributed by atoms with Gasteiger partial charge in [0.2, 0.25) is 0 Å². The normalized spacial score (nSPS) is 17.3. The summed E-state index contributed by atoms with van der Waals surface area (Å²) in [6.45, 7) is 10.9. The lowest BCUT2D eigenvalue weighted by Crippen LogP contribution is -2.57. The number of likely N-dealkylation sites (tertiary alicyclic amines) is 1. The zero-order chi connectivity index (χ0) is 19.5. The number of carbonyl (C=O) groups excluding carboxylic acids is 1. The predicted molar refractivity (Wildman–Crippen MR) is 113 cm³/mol. The van der Waals surface area contributed by atoms with Gasteiger partial charge in [-0.3, -0.25) is 4.90 Å². The minimum Gasteiger partial charge on any atom is -0.333 e. The molecule has 0 atom stereocenters. The van der Waals surface area contributed by atoms with Crippen LogP contribution in [0.3, 0.4) is 0 Å². The summed E-state index contributed by atoms with van der Waals surface area (Å²) in [6.07, 6.45) is 1.91. The molecule has 0 unspecified atom stereocenters. The number of anilines is 1. The highest BCUT2D eigenvalue weighted by Gasteiger charge is 2.35. The predicted octanol–water partition coefficient (Wildman–Crippen LogP) is 5.13. The molecule has 3 rings (SSSR count). The molecule has 0 bridgehead atoms. The maximum Gasteiger partial charge on any atom is 0.319 e. The van der Waals surface area contributed by atoms with Gasteiger partial charge in [-0.05, 0) is 52.2 Å². The Balaban J connectivity index is 1.66. The highest BCUT2D eigenvalue weighted by atomic mass is 16.2. The van der Waals surface area contributed by atoms with Crippen LogP contribution in [-0.2, 0) is 0 Å². The van der Waals surface area contributed by atoms with E-state index < -0.39 is 0 Å². The van der Waals surface area contributed by atoms with Crippen LogP contribution in [0, 0.1) is 0 Å². The van der Waals surface area contributed by atoms with E-state index in [0.29, 0.717) is 0 Å². The van der Waals surface area contributed by atoms with Crippen LogP contribution >= 0.6 is 0 Å². The minimum absolute atomic E-state index is 0.134. The summed E-state index contributed by atoms with van der Waals surface area (Å²) in [7, 11) is 0. The monoisotopic (exact) mass is 365 g/mol. The maximum absolute atomic E-state index is 12.7. The second-order valence-corrected chi connectivity index (χ2v) is 8.71. The van der Waals surface area contributed by atoms with E-state index in [4.69, 9.17) is 0 Å². The SMILES string of the molecule is CC1(NC(=O)Nc2ccccc2-c2ccccc2)CCN(C(C)(C)C)CC1. The summed E-state index contributed by atoms with van der Waals surface area (Å²) >= 11 is 0. The lowest BCUT2D eigenvalue weighted by Gasteiger charge is -2.45. The van der Waals surface area contributed by atoms with E-state index in [1.165, 1.54) is 0 Å². The molecule has 1 aliphatic heterocycles. The number of piperidine rings is 1. The molecule has 2 N–H and O–H groups in total. The smallest absolute Gasteiger partial charge is 0.319 e. The fourth-order valence-corrected chi connectivity index (χ4v) is 3.69. The lowest BCUT2D eigenvalue weighted by atomic mass is 9.87. The highest BCUT2D eigenvalue weighted by Crippen LogP contribution is 2.29. The quantitative estimate of drug-likeness (QED) is 0.792. The number of hydrogen-bond donors (Lipinski definition) is 2. The summed E-state index contributed by atoms with van der Waals surface area (Å²) < 4.78 is 0. The van der Waals surface area contributed by atoms with Crippen molar-refractivity contribution >= 4 is 11.7 Å². The molecule has 1 fully saturated rings. The van der Waals surface area contributed by atoms with E-state index in [2.05, 4.69) is 55.4 Å². The molecule has 0 aliphatic carbocycles. The number of amides is 2. The minimum atomic E-state index is -0.173. The van der Waals surface area contributed by atoms with E-state index in [0.717, 1.165) is 42.7 Å². The average Bonchev–Trinajstić information content (AvgIpc) is 2.62. The van der Waals surface area contributed by atoms with Gasteiger partial charge in [-0.15, -0.1) is 0 Å². The van der Waals surface area contributed by atoms with E-state index in [1.807, 2.05) is 42.5 Å². The number of carbonyl (C=O) groups is 1. The summed E-state index contributed by atoms with van der Waals surface area (Å²) in [5.74, 6) is 0. The van der Waals surface area contributed by atoms with Crippen molar-refractivity contribution in [2.45, 2.75) is 51.6 Å². The van der Waals surface area contributed by atoms with Gasteiger partial charge in [-0.1, -0.05) is 48.5 Å². The Labute approximate surface area is 163 Å². The van der Waals surface area contributed by atoms with Gasteiger partial charge < -0.3 is 10.6 Å². The molecule has 4 nitrogen and oxygen atoms in total. The van der Waals surface area contributed by atoms with Crippen LogP contribution in [0.15, 0.2) is 54.6 Å². The van der Waals surface area contributed by atoms with E-state index >= 15 is 0 Å². The second kappa shape index (κ2) is 7.73. The maximum atomic E-state index is 12.7. The molecule has 0 spiro atoms. The largest absolute Gasteiger partial charge is 0.333 e. The third-order valence-electron chi connectivity index (χ3n) is 5.49. The van der Waals surface area contributed by atoms with E-state index in [1.54, 1.807) is 0 Å². The summed E-state index contributed by atoms with van der Waals surface area (Å²) in [5, 5.41) is 6.28. The fourth-order valence-electron chi connectivity index (χ4n) is 3.69. The first kappa shape index (κ1) is 19.4. The molecule has 2 aromatic rings. The number of rotatable bonds is 3. The van der Waals surface area contributed by atoms with Crippen molar-refractivity contribution in [1.29, 1.82) is 0 Å². The van der Waals surface area contributed by atoms with Gasteiger partial charge in [0.25, 0.3) is 0 Å². The topological polar surface area (TPSA) is 44.4 Å². The van der Waals surface area contributed by atoms with Crippen molar-refractivity contribution in [2.24, 2.45) is 0 Å². The van der Waals surface area contributed by atoms with E-state index in [-0.39, 0.29) is 17.1 Å². The van der Waals surface area contributed by atoms with Gasteiger partial charge >= 0.3 is 6.03 Å². The molecule has 0 radical (unpaired) electrons. The standard InChI is InChI=1S/C23H31N3O/c1-22(2,3)26-16-14-23(4,15-17-26)25-21(27)24-20-13-9-8-12-19(20)18-10-6-5-7-11-18/h5-13H,14-17H2,1-4H3,(H2,24,25,27). The van der Waals surface area contributed by atoms with E-state index in [9.17, 15) is 4.79 Å². The molecule has 1 heterocycles. The molecule has 1 saturated heterocycles. The number of nitrogens with zero attached hydrogens (tertiary/aromatic N) is 1. The van der Waals surface area contributed by atoms with Crippen LogP contribution in [0.2, 0.25) is 0 Å². The number of hydrogen-bond acceptors (Lipinski definition) is 2. The van der Waals surface area contributed by atoms with Gasteiger partial charge in [-0.25, -0.2) is 4.79 Å². The van der Waals surface area contributed by atoms with Gasteiger partial charge in [0, 0.05) is 29.7 Å². The molecule has 144 valence electrons. The molecule has 2 aromatic carbocycles. The Morgan fingerprint density at radius 2 is 1.56 bits per heavy atom. The van der Waals surface area contributed by atoms with Crippen molar-refractivity contribution in [3.63, 3.8) is 0 Å². The molecule has 0 aromatic heterocycles. The van der Waals surface area contributed by atoms with Crippen molar-refractivity contribution in [1.82, 2.24) is 10.2 Å². The Morgan fingerprint density at radius 1 is 0.963 bits per heavy atom. The number of nitrogens with one attached hydrogen (secondary N) is 2. The van der Waals surface area contributed by atoms with Crippen molar-refractivity contribution in [2.75, 3.05) is 18.4 Å². The van der Waals surface area contributed by atoms with Crippen molar-refractivity contribution in [3.05, 3.63) is 54.6 Å². The van der Waals surface area contributed by atoms with Crippen molar-refractivity contribution < 1.29 is 4.79 Å². The van der Waals surface area contributed by atoms with Crippen LogP contribution in [0.4, 0.5) is 10.5 Å². The molecule has 1 aliphatic rings. The highest BCUT2D eigenvalue weighted by molar-refractivity contribution is 5.94. The Bertz CT molecular complexity index is 772. The number of benzene rings is 2. The molecular weight excluding hydrogens is 334 g/mol. The fraction of sp³-hybridized carbons (Fsp3) is 0.435. The second-order valence-electron chi connectivity index (χ2n) is 8.71. The molecule has 2 amide bonds. The zero-order valence-corrected chi connectivity index (χ0v) is 16.9. The third kappa shape index (κ3) is 4.89. The number of para-hydroxylation sites is 1.